The Morgan fingerprint density at radius 3 is 2.47 bits per heavy atom. The van der Waals surface area contributed by atoms with Crippen molar-refractivity contribution >= 4 is 5.78 Å². The van der Waals surface area contributed by atoms with Crippen molar-refractivity contribution in [3.05, 3.63) is 35.9 Å². The number of hydrogen-bond donors (Lipinski definition) is 0. The molecule has 0 bridgehead atoms. The maximum Gasteiger partial charge on any atom is 0.133 e. The Kier molecular flexibility index (Phi) is 4.32. The third kappa shape index (κ3) is 3.67. The van der Waals surface area contributed by atoms with Gasteiger partial charge in [-0.15, -0.1) is 0 Å². The van der Waals surface area contributed by atoms with Gasteiger partial charge in [0.2, 0.25) is 0 Å². The molecule has 0 atom stereocenters. The second kappa shape index (κ2) is 5.97. The fourth-order valence-corrected chi connectivity index (χ4v) is 2.50. The van der Waals surface area contributed by atoms with Crippen LogP contribution in [0.5, 0.6) is 0 Å². The highest BCUT2D eigenvalue weighted by atomic mass is 16.1. The molecule has 1 aliphatic rings. The topological polar surface area (TPSA) is 20.3 Å². The number of ketones is 1. The SMILES string of the molecule is CN(CCc1ccccc1)C1CCC(=O)CC1. The van der Waals surface area contributed by atoms with Crippen LogP contribution in [0.2, 0.25) is 0 Å². The van der Waals surface area contributed by atoms with E-state index in [1.54, 1.807) is 0 Å². The molecule has 2 rings (SSSR count). The molecular formula is C15H21NO. The van der Waals surface area contributed by atoms with E-state index < -0.39 is 0 Å². The number of hydrogen-bond acceptors (Lipinski definition) is 2. The van der Waals surface area contributed by atoms with Crippen molar-refractivity contribution < 1.29 is 4.79 Å². The average Bonchev–Trinajstić information content (AvgIpc) is 2.38. The molecule has 17 heavy (non-hydrogen) atoms. The third-order valence-corrected chi connectivity index (χ3v) is 3.73. The molecule has 1 fully saturated rings. The number of carbonyl (C=O) groups is 1. The lowest BCUT2D eigenvalue weighted by molar-refractivity contribution is -0.121. The first-order chi connectivity index (χ1) is 8.25. The molecule has 1 aliphatic carbocycles. The van der Waals surface area contributed by atoms with E-state index in [1.165, 1.54) is 5.56 Å². The van der Waals surface area contributed by atoms with Crippen molar-refractivity contribution in [2.75, 3.05) is 13.6 Å². The van der Waals surface area contributed by atoms with Crippen LogP contribution in [-0.2, 0) is 11.2 Å². The standard InChI is InChI=1S/C15H21NO/c1-16(14-7-9-15(17)10-8-14)12-11-13-5-3-2-4-6-13/h2-6,14H,7-12H2,1H3. The molecule has 0 radical (unpaired) electrons. The first kappa shape index (κ1) is 12.3. The van der Waals surface area contributed by atoms with Gasteiger partial charge >= 0.3 is 0 Å². The fourth-order valence-electron chi connectivity index (χ4n) is 2.50. The van der Waals surface area contributed by atoms with E-state index >= 15 is 0 Å². The number of rotatable bonds is 4. The summed E-state index contributed by atoms with van der Waals surface area (Å²) in [4.78, 5) is 13.6. The molecule has 2 heteroatoms. The van der Waals surface area contributed by atoms with Crippen LogP contribution in [0, 0.1) is 0 Å². The summed E-state index contributed by atoms with van der Waals surface area (Å²) in [5, 5.41) is 0. The first-order valence-electron chi connectivity index (χ1n) is 6.51. The molecule has 0 aliphatic heterocycles. The summed E-state index contributed by atoms with van der Waals surface area (Å²) in [7, 11) is 2.18. The highest BCUT2D eigenvalue weighted by Gasteiger charge is 2.21. The Hall–Kier alpha value is -1.15. The predicted molar refractivity (Wildman–Crippen MR) is 70.0 cm³/mol. The maximum absolute atomic E-state index is 11.2. The van der Waals surface area contributed by atoms with E-state index in [-0.39, 0.29) is 0 Å². The zero-order valence-electron chi connectivity index (χ0n) is 10.6. The number of likely N-dealkylation sites (N-methyl/N-ethyl adjacent to an activating group) is 1. The van der Waals surface area contributed by atoms with Gasteiger partial charge < -0.3 is 4.90 Å². The van der Waals surface area contributed by atoms with Crippen LogP contribution in [-0.4, -0.2) is 30.3 Å². The van der Waals surface area contributed by atoms with Gasteiger partial charge in [0.1, 0.15) is 5.78 Å². The summed E-state index contributed by atoms with van der Waals surface area (Å²) in [6, 6.07) is 11.2. The zero-order valence-corrected chi connectivity index (χ0v) is 10.6. The van der Waals surface area contributed by atoms with Gasteiger partial charge in [0, 0.05) is 25.4 Å². The average molecular weight is 231 g/mol. The zero-order chi connectivity index (χ0) is 12.1. The van der Waals surface area contributed by atoms with Crippen LogP contribution in [0.1, 0.15) is 31.2 Å². The molecule has 0 aromatic heterocycles. The number of benzene rings is 1. The van der Waals surface area contributed by atoms with Crippen molar-refractivity contribution in [1.82, 2.24) is 4.90 Å². The lowest BCUT2D eigenvalue weighted by Crippen LogP contribution is -2.36. The van der Waals surface area contributed by atoms with Gasteiger partial charge in [0.15, 0.2) is 0 Å². The van der Waals surface area contributed by atoms with Gasteiger partial charge in [0.25, 0.3) is 0 Å². The molecular weight excluding hydrogens is 210 g/mol. The van der Waals surface area contributed by atoms with Crippen LogP contribution in [0.15, 0.2) is 30.3 Å². The number of carbonyl (C=O) groups excluding carboxylic acids is 1. The van der Waals surface area contributed by atoms with Crippen molar-refractivity contribution in [2.45, 2.75) is 38.1 Å². The molecule has 0 amide bonds. The smallest absolute Gasteiger partial charge is 0.133 e. The van der Waals surface area contributed by atoms with E-state index in [9.17, 15) is 4.79 Å². The molecule has 92 valence electrons. The Bertz CT molecular complexity index is 350. The van der Waals surface area contributed by atoms with Crippen LogP contribution < -0.4 is 0 Å². The summed E-state index contributed by atoms with van der Waals surface area (Å²) in [6.45, 7) is 1.09. The minimum Gasteiger partial charge on any atom is -0.303 e. The normalized spacial score (nSPS) is 17.6. The summed E-state index contributed by atoms with van der Waals surface area (Å²) < 4.78 is 0. The minimum atomic E-state index is 0.442. The van der Waals surface area contributed by atoms with Crippen LogP contribution in [0.25, 0.3) is 0 Å². The summed E-state index contributed by atoms with van der Waals surface area (Å²) >= 11 is 0. The fraction of sp³-hybridized carbons (Fsp3) is 0.533. The highest BCUT2D eigenvalue weighted by Crippen LogP contribution is 2.19. The van der Waals surface area contributed by atoms with Crippen molar-refractivity contribution in [1.29, 1.82) is 0 Å². The third-order valence-electron chi connectivity index (χ3n) is 3.73. The van der Waals surface area contributed by atoms with E-state index in [2.05, 4.69) is 42.3 Å². The van der Waals surface area contributed by atoms with Crippen molar-refractivity contribution in [3.63, 3.8) is 0 Å². The minimum absolute atomic E-state index is 0.442. The lowest BCUT2D eigenvalue weighted by Gasteiger charge is -2.30. The van der Waals surface area contributed by atoms with Gasteiger partial charge in [-0.25, -0.2) is 0 Å². The van der Waals surface area contributed by atoms with E-state index in [1.807, 2.05) is 0 Å². The second-order valence-electron chi connectivity index (χ2n) is 4.99. The van der Waals surface area contributed by atoms with E-state index in [0.29, 0.717) is 11.8 Å². The molecule has 1 aromatic rings. The van der Waals surface area contributed by atoms with Gasteiger partial charge in [-0.2, -0.15) is 0 Å². The second-order valence-corrected chi connectivity index (χ2v) is 4.99. The van der Waals surface area contributed by atoms with Crippen LogP contribution >= 0.6 is 0 Å². The van der Waals surface area contributed by atoms with Gasteiger partial charge in [0.05, 0.1) is 0 Å². The highest BCUT2D eigenvalue weighted by molar-refractivity contribution is 5.79. The predicted octanol–water partition coefficient (Wildman–Crippen LogP) is 2.67. The molecule has 0 N–H and O–H groups in total. The van der Waals surface area contributed by atoms with Crippen molar-refractivity contribution in [3.8, 4) is 0 Å². The molecule has 0 heterocycles. The Morgan fingerprint density at radius 1 is 1.18 bits per heavy atom. The van der Waals surface area contributed by atoms with Gasteiger partial charge in [-0.1, -0.05) is 30.3 Å². The quantitative estimate of drug-likeness (QED) is 0.794. The summed E-state index contributed by atoms with van der Waals surface area (Å²) in [5.41, 5.74) is 1.39. The maximum atomic E-state index is 11.2. The monoisotopic (exact) mass is 231 g/mol. The Labute approximate surface area is 104 Å². The van der Waals surface area contributed by atoms with E-state index in [4.69, 9.17) is 0 Å². The van der Waals surface area contributed by atoms with Crippen LogP contribution in [0.3, 0.4) is 0 Å². The molecule has 0 saturated heterocycles. The van der Waals surface area contributed by atoms with E-state index in [0.717, 1.165) is 38.6 Å². The van der Waals surface area contributed by atoms with Gasteiger partial charge in [-0.3, -0.25) is 4.79 Å². The Balaban J connectivity index is 1.77. The number of nitrogens with zero attached hydrogens (tertiary/aromatic N) is 1. The largest absolute Gasteiger partial charge is 0.303 e. The lowest BCUT2D eigenvalue weighted by atomic mass is 9.93. The number of Topliss-reactive ketones (excluding diaryl/α,β-unsaturated/α-hetero) is 1. The van der Waals surface area contributed by atoms with Gasteiger partial charge in [-0.05, 0) is 31.9 Å². The molecule has 0 unspecified atom stereocenters. The first-order valence-corrected chi connectivity index (χ1v) is 6.51. The van der Waals surface area contributed by atoms with Crippen LogP contribution in [0.4, 0.5) is 0 Å². The molecule has 0 spiro atoms. The summed E-state index contributed by atoms with van der Waals surface area (Å²) in [5.74, 6) is 0.442. The Morgan fingerprint density at radius 2 is 1.82 bits per heavy atom. The molecule has 1 aromatic carbocycles. The summed E-state index contributed by atoms with van der Waals surface area (Å²) in [6.07, 6.45) is 4.75. The van der Waals surface area contributed by atoms with Crippen molar-refractivity contribution in [2.24, 2.45) is 0 Å². The molecule has 1 saturated carbocycles. The molecule has 2 nitrogen and oxygen atoms in total.